The van der Waals surface area contributed by atoms with Crippen molar-refractivity contribution in [3.63, 3.8) is 0 Å². The molecular weight excluding hydrogens is 632 g/mol. The van der Waals surface area contributed by atoms with Crippen LogP contribution in [0.3, 0.4) is 0 Å². The largest absolute Gasteiger partial charge is 0.379 e. The number of nitrogens with zero attached hydrogens (tertiary/aromatic N) is 2. The van der Waals surface area contributed by atoms with Gasteiger partial charge in [0, 0.05) is 39.1 Å². The van der Waals surface area contributed by atoms with Crippen molar-refractivity contribution in [2.24, 2.45) is 18.5 Å². The molecule has 1 aliphatic heterocycles. The maximum absolute atomic E-state index is 12.9. The molecule has 0 spiro atoms. The van der Waals surface area contributed by atoms with Gasteiger partial charge in [0.15, 0.2) is 0 Å². The fourth-order valence-corrected chi connectivity index (χ4v) is 5.67. The normalized spacial score (nSPS) is 15.3. The summed E-state index contributed by atoms with van der Waals surface area (Å²) in [6.07, 6.45) is 4.39. The van der Waals surface area contributed by atoms with Gasteiger partial charge in [0.2, 0.25) is 23.6 Å². The monoisotopic (exact) mass is 680 g/mol. The van der Waals surface area contributed by atoms with E-state index >= 15 is 0 Å². The first-order valence-electron chi connectivity index (χ1n) is 16.8. The zero-order valence-corrected chi connectivity index (χ0v) is 28.1. The molecule has 0 saturated carbocycles. The topological polar surface area (TPSA) is 199 Å². The van der Waals surface area contributed by atoms with E-state index in [9.17, 15) is 24.0 Å². The highest BCUT2D eigenvalue weighted by Gasteiger charge is 2.31. The van der Waals surface area contributed by atoms with Crippen LogP contribution in [0.2, 0.25) is 0 Å². The average Bonchev–Trinajstić information content (AvgIpc) is 3.32. The van der Waals surface area contributed by atoms with E-state index in [1.165, 1.54) is 14.7 Å². The van der Waals surface area contributed by atoms with Gasteiger partial charge >= 0.3 is 5.69 Å². The second kappa shape index (κ2) is 19.0. The van der Waals surface area contributed by atoms with Gasteiger partial charge in [-0.3, -0.25) is 33.6 Å². The van der Waals surface area contributed by atoms with E-state index in [4.69, 9.17) is 25.7 Å². The molecule has 0 radical (unpaired) electrons. The van der Waals surface area contributed by atoms with Crippen molar-refractivity contribution < 1.29 is 33.4 Å². The smallest absolute Gasteiger partial charge is 0.329 e. The summed E-state index contributed by atoms with van der Waals surface area (Å²) in [6, 6.07) is 12.9. The predicted molar refractivity (Wildman–Crippen MR) is 182 cm³/mol. The van der Waals surface area contributed by atoms with E-state index in [1.54, 1.807) is 7.05 Å². The second-order valence-corrected chi connectivity index (χ2v) is 12.3. The fourth-order valence-electron chi connectivity index (χ4n) is 5.67. The summed E-state index contributed by atoms with van der Waals surface area (Å²) in [7, 11) is 1.68. The summed E-state index contributed by atoms with van der Waals surface area (Å²) in [6.45, 7) is 2.53. The molecule has 1 aromatic heterocycles. The number of amides is 4. The molecule has 2 atom stereocenters. The summed E-state index contributed by atoms with van der Waals surface area (Å²) in [5.41, 5.74) is 15.4. The highest BCUT2D eigenvalue weighted by atomic mass is 16.5. The minimum Gasteiger partial charge on any atom is -0.379 e. The lowest BCUT2D eigenvalue weighted by Crippen LogP contribution is -2.44. The number of ether oxygens (including phenoxy) is 3. The molecule has 4 rings (SSSR count). The first-order valence-corrected chi connectivity index (χ1v) is 16.8. The van der Waals surface area contributed by atoms with Gasteiger partial charge in [-0.25, -0.2) is 4.79 Å². The molecule has 0 bridgehead atoms. The molecule has 6 N–H and O–H groups in total. The van der Waals surface area contributed by atoms with Crippen molar-refractivity contribution in [3.05, 3.63) is 69.6 Å². The van der Waals surface area contributed by atoms with E-state index in [1.807, 2.05) is 42.5 Å². The molecule has 2 aromatic carbocycles. The van der Waals surface area contributed by atoms with E-state index in [-0.39, 0.29) is 48.9 Å². The predicted octanol–water partition coefficient (Wildman–Crippen LogP) is 1.14. The van der Waals surface area contributed by atoms with Gasteiger partial charge in [0.1, 0.15) is 12.6 Å². The third kappa shape index (κ3) is 11.6. The van der Waals surface area contributed by atoms with Crippen LogP contribution in [0.25, 0.3) is 11.0 Å². The molecule has 14 heteroatoms. The van der Waals surface area contributed by atoms with E-state index in [0.29, 0.717) is 57.9 Å². The number of benzene rings is 2. The maximum atomic E-state index is 12.9. The van der Waals surface area contributed by atoms with Crippen molar-refractivity contribution in [1.29, 1.82) is 0 Å². The second-order valence-electron chi connectivity index (χ2n) is 12.3. The van der Waals surface area contributed by atoms with Crippen molar-refractivity contribution in [2.75, 3.05) is 39.6 Å². The number of aryl methyl sites for hydroxylation is 3. The number of rotatable bonds is 21. The van der Waals surface area contributed by atoms with Crippen LogP contribution in [0, 0.1) is 0 Å². The first kappa shape index (κ1) is 37.4. The van der Waals surface area contributed by atoms with Crippen LogP contribution >= 0.6 is 0 Å². The number of hydrogen-bond acceptors (Lipinski definition) is 9. The summed E-state index contributed by atoms with van der Waals surface area (Å²) in [5.74, 6) is -1.30. The summed E-state index contributed by atoms with van der Waals surface area (Å²) in [5, 5.41) is 5.20. The Morgan fingerprint density at radius 3 is 2.41 bits per heavy atom. The SMILES string of the molecule is Cn1c(=O)n(C2CCC(=O)NC2=O)c2ccc(CCCOCCOCC(=O)NCCCc3ccc(COC[C@@H](N)CCC(N)=O)cc3)cc21. The molecule has 1 unspecified atom stereocenters. The lowest BCUT2D eigenvalue weighted by Gasteiger charge is -2.21. The van der Waals surface area contributed by atoms with Gasteiger partial charge < -0.3 is 31.0 Å². The van der Waals surface area contributed by atoms with Crippen LogP contribution < -0.4 is 27.8 Å². The molecule has 4 amide bonds. The zero-order chi connectivity index (χ0) is 35.2. The number of primary amides is 1. The number of fused-ring (bicyclic) bond motifs is 1. The number of piperidine rings is 1. The van der Waals surface area contributed by atoms with Crippen LogP contribution in [0.15, 0.2) is 47.3 Å². The quantitative estimate of drug-likeness (QED) is 0.0941. The Labute approximate surface area is 285 Å². The molecule has 1 aliphatic rings. The van der Waals surface area contributed by atoms with Gasteiger partial charge in [-0.2, -0.15) is 0 Å². The Hall–Kier alpha value is -4.37. The molecule has 14 nitrogen and oxygen atoms in total. The lowest BCUT2D eigenvalue weighted by atomic mass is 10.1. The van der Waals surface area contributed by atoms with Gasteiger partial charge in [0.05, 0.1) is 37.5 Å². The number of nitrogens with one attached hydrogen (secondary N) is 2. The number of nitrogens with two attached hydrogens (primary N) is 2. The number of hydrogen-bond donors (Lipinski definition) is 4. The van der Waals surface area contributed by atoms with Crippen LogP contribution in [0.5, 0.6) is 0 Å². The molecule has 1 fully saturated rings. The molecule has 1 saturated heterocycles. The number of carbonyl (C=O) groups is 4. The Morgan fingerprint density at radius 1 is 0.939 bits per heavy atom. The Kier molecular flexibility index (Phi) is 14.5. The molecular formula is C35H48N6O8. The number of carbonyl (C=O) groups excluding carboxylic acids is 4. The Balaban J connectivity index is 1.03. The zero-order valence-electron chi connectivity index (χ0n) is 28.1. The summed E-state index contributed by atoms with van der Waals surface area (Å²) < 4.78 is 19.7. The third-order valence-corrected chi connectivity index (χ3v) is 8.38. The van der Waals surface area contributed by atoms with Crippen LogP contribution in [-0.2, 0) is 59.9 Å². The van der Waals surface area contributed by atoms with Crippen LogP contribution in [0.1, 0.15) is 61.3 Å². The molecule has 2 heterocycles. The van der Waals surface area contributed by atoms with E-state index < -0.39 is 11.9 Å². The average molecular weight is 681 g/mol. The highest BCUT2D eigenvalue weighted by molar-refractivity contribution is 6.00. The standard InChI is InChI=1S/C35H48N6O8/c1-40-30-20-25(10-12-28(30)41(35(40)46)29-13-15-32(43)39-34(29)45)5-3-17-47-18-19-48-23-33(44)38-16-2-4-24-6-8-26(9-7-24)21-49-22-27(36)11-14-31(37)42/h6-10,12,20,27,29H,2-5,11,13-19,21-23,36H2,1H3,(H2,37,42)(H,38,44)(H,39,43,45)/t27-,29?/m0/s1. The minimum atomic E-state index is -0.705. The van der Waals surface area contributed by atoms with Crippen molar-refractivity contribution >= 4 is 34.7 Å². The number of imidazole rings is 1. The third-order valence-electron chi connectivity index (χ3n) is 8.38. The van der Waals surface area contributed by atoms with Crippen LogP contribution in [0.4, 0.5) is 0 Å². The minimum absolute atomic E-state index is 0.0263. The first-order chi connectivity index (χ1) is 23.6. The van der Waals surface area contributed by atoms with E-state index in [2.05, 4.69) is 10.6 Å². The molecule has 49 heavy (non-hydrogen) atoms. The Morgan fingerprint density at radius 2 is 1.65 bits per heavy atom. The van der Waals surface area contributed by atoms with Crippen molar-refractivity contribution in [3.8, 4) is 0 Å². The van der Waals surface area contributed by atoms with Crippen molar-refractivity contribution in [1.82, 2.24) is 19.8 Å². The van der Waals surface area contributed by atoms with E-state index in [0.717, 1.165) is 42.3 Å². The van der Waals surface area contributed by atoms with Crippen molar-refractivity contribution in [2.45, 2.75) is 70.1 Å². The van der Waals surface area contributed by atoms with Crippen LogP contribution in [-0.4, -0.2) is 78.4 Å². The number of imide groups is 1. The van der Waals surface area contributed by atoms with Gasteiger partial charge in [0.25, 0.3) is 0 Å². The van der Waals surface area contributed by atoms with Gasteiger partial charge in [-0.15, -0.1) is 0 Å². The summed E-state index contributed by atoms with van der Waals surface area (Å²) in [4.78, 5) is 59.8. The molecule has 3 aromatic rings. The van der Waals surface area contributed by atoms with Gasteiger partial charge in [-0.1, -0.05) is 30.3 Å². The summed E-state index contributed by atoms with van der Waals surface area (Å²) >= 11 is 0. The highest BCUT2D eigenvalue weighted by Crippen LogP contribution is 2.24. The van der Waals surface area contributed by atoms with Gasteiger partial charge in [-0.05, 0) is 67.3 Å². The Bertz CT molecular complexity index is 1630. The molecule has 266 valence electrons. The maximum Gasteiger partial charge on any atom is 0.329 e. The lowest BCUT2D eigenvalue weighted by molar-refractivity contribution is -0.135. The fraction of sp³-hybridized carbons (Fsp3) is 0.514. The molecule has 0 aliphatic carbocycles. The number of aromatic nitrogens is 2.